The van der Waals surface area contributed by atoms with Crippen molar-refractivity contribution in [3.63, 3.8) is 0 Å². The minimum atomic E-state index is -4.80. The Balaban J connectivity index is 1.35. The fourth-order valence-electron chi connectivity index (χ4n) is 4.74. The van der Waals surface area contributed by atoms with Gasteiger partial charge in [-0.25, -0.2) is 0 Å². The van der Waals surface area contributed by atoms with E-state index >= 15 is 0 Å². The summed E-state index contributed by atoms with van der Waals surface area (Å²) in [4.78, 5) is 31.5. The number of nitrogens with zero attached hydrogens (tertiary/aromatic N) is 2. The number of aromatic nitrogens is 1. The highest BCUT2D eigenvalue weighted by molar-refractivity contribution is 6.10. The van der Waals surface area contributed by atoms with Crippen LogP contribution in [0.4, 0.5) is 24.5 Å². The van der Waals surface area contributed by atoms with Crippen LogP contribution in [-0.4, -0.2) is 54.9 Å². The molecule has 1 fully saturated rings. The molecule has 4 rings (SSSR count). The van der Waals surface area contributed by atoms with E-state index < -0.39 is 23.1 Å². The van der Waals surface area contributed by atoms with Crippen LogP contribution in [0.5, 0.6) is 5.75 Å². The van der Waals surface area contributed by atoms with Crippen molar-refractivity contribution in [1.29, 1.82) is 0 Å². The van der Waals surface area contributed by atoms with E-state index in [1.54, 1.807) is 17.3 Å². The number of carbonyl (C=O) groups excluding carboxylic acids is 2. The molecular formula is C29H31F3N4O3. The van der Waals surface area contributed by atoms with Crippen LogP contribution in [0, 0.1) is 5.92 Å². The summed E-state index contributed by atoms with van der Waals surface area (Å²) in [6.07, 6.45) is 1.30. The van der Waals surface area contributed by atoms with Gasteiger partial charge in [0.2, 0.25) is 5.91 Å². The second-order valence-corrected chi connectivity index (χ2v) is 9.41. The quantitative estimate of drug-likeness (QED) is 0.331. The number of ether oxygens (including phenoxy) is 1. The van der Waals surface area contributed by atoms with Gasteiger partial charge in [0.15, 0.2) is 5.78 Å². The van der Waals surface area contributed by atoms with Crippen molar-refractivity contribution < 1.29 is 27.5 Å². The number of ketones is 1. The summed E-state index contributed by atoms with van der Waals surface area (Å²) < 4.78 is 47.4. The number of piperidine rings is 1. The van der Waals surface area contributed by atoms with E-state index in [9.17, 15) is 22.8 Å². The molecule has 0 bridgehead atoms. The molecule has 2 N–H and O–H groups in total. The maximum atomic E-state index is 14.1. The number of benzene rings is 2. The lowest BCUT2D eigenvalue weighted by molar-refractivity contribution is -0.137. The fourth-order valence-corrected chi connectivity index (χ4v) is 4.74. The zero-order chi connectivity index (χ0) is 27.8. The normalized spacial score (nSPS) is 14.1. The summed E-state index contributed by atoms with van der Waals surface area (Å²) in [6, 6.07) is 13.5. The highest BCUT2D eigenvalue weighted by Gasteiger charge is 2.38. The third-order valence-electron chi connectivity index (χ3n) is 6.90. The van der Waals surface area contributed by atoms with E-state index in [1.807, 2.05) is 12.1 Å². The minimum Gasteiger partial charge on any atom is -0.497 e. The van der Waals surface area contributed by atoms with Gasteiger partial charge in [0.25, 0.3) is 0 Å². The van der Waals surface area contributed by atoms with Gasteiger partial charge >= 0.3 is 6.18 Å². The molecule has 0 atom stereocenters. The molecule has 206 valence electrons. The van der Waals surface area contributed by atoms with E-state index in [0.717, 1.165) is 37.6 Å². The lowest BCUT2D eigenvalue weighted by atomic mass is 9.93. The molecule has 1 aliphatic heterocycles. The van der Waals surface area contributed by atoms with Crippen molar-refractivity contribution >= 4 is 23.1 Å². The number of methoxy groups -OCH3 is 1. The maximum Gasteiger partial charge on any atom is 0.419 e. The van der Waals surface area contributed by atoms with Crippen LogP contribution in [0.1, 0.15) is 40.7 Å². The molecule has 0 unspecified atom stereocenters. The smallest absolute Gasteiger partial charge is 0.419 e. The average Bonchev–Trinajstić information content (AvgIpc) is 2.95. The van der Waals surface area contributed by atoms with Gasteiger partial charge in [0.1, 0.15) is 5.75 Å². The molecule has 3 aromatic rings. The van der Waals surface area contributed by atoms with E-state index in [4.69, 9.17) is 4.74 Å². The van der Waals surface area contributed by atoms with E-state index in [0.29, 0.717) is 24.8 Å². The Hall–Kier alpha value is -4.08. The van der Waals surface area contributed by atoms with E-state index in [-0.39, 0.29) is 23.7 Å². The maximum absolute atomic E-state index is 14.1. The minimum absolute atomic E-state index is 0.105. The lowest BCUT2D eigenvalue weighted by Crippen LogP contribution is -2.41. The highest BCUT2D eigenvalue weighted by Crippen LogP contribution is 2.38. The molecule has 1 aliphatic rings. The average molecular weight is 541 g/mol. The summed E-state index contributed by atoms with van der Waals surface area (Å²) in [5, 5.41) is 6.00. The first-order valence-electron chi connectivity index (χ1n) is 12.8. The number of likely N-dealkylation sites (tertiary alicyclic amines) is 1. The summed E-state index contributed by atoms with van der Waals surface area (Å²) in [5.74, 6) is -0.0835. The number of nitrogens with one attached hydrogen (secondary N) is 2. The number of hydrogen-bond donors (Lipinski definition) is 2. The Labute approximate surface area is 225 Å². The number of halogens is 3. The van der Waals surface area contributed by atoms with Crippen LogP contribution < -0.4 is 15.4 Å². The monoisotopic (exact) mass is 540 g/mol. The molecule has 2 aromatic carbocycles. The molecule has 1 saturated heterocycles. The van der Waals surface area contributed by atoms with Gasteiger partial charge in [-0.2, -0.15) is 13.2 Å². The second kappa shape index (κ2) is 12.6. The molecule has 1 amide bonds. The predicted octanol–water partition coefficient (Wildman–Crippen LogP) is 5.49. The molecule has 1 aromatic heterocycles. The second-order valence-electron chi connectivity index (χ2n) is 9.41. The first kappa shape index (κ1) is 27.9. The zero-order valence-corrected chi connectivity index (χ0v) is 21.6. The number of rotatable bonds is 10. The number of hydrogen-bond acceptors (Lipinski definition) is 6. The van der Waals surface area contributed by atoms with Crippen LogP contribution >= 0.6 is 0 Å². The van der Waals surface area contributed by atoms with Gasteiger partial charge in [0, 0.05) is 54.5 Å². The highest BCUT2D eigenvalue weighted by atomic mass is 19.4. The number of amides is 1. The van der Waals surface area contributed by atoms with Gasteiger partial charge in [-0.1, -0.05) is 12.1 Å². The zero-order valence-electron chi connectivity index (χ0n) is 21.6. The summed E-state index contributed by atoms with van der Waals surface area (Å²) in [7, 11) is 1.46. The molecule has 2 heterocycles. The number of carbonyl (C=O) groups is 2. The van der Waals surface area contributed by atoms with Gasteiger partial charge in [-0.05, 0) is 67.6 Å². The largest absolute Gasteiger partial charge is 0.497 e. The van der Waals surface area contributed by atoms with Crippen molar-refractivity contribution in [3.05, 3.63) is 83.7 Å². The molecule has 7 nitrogen and oxygen atoms in total. The van der Waals surface area contributed by atoms with Gasteiger partial charge in [-0.3, -0.25) is 14.6 Å². The van der Waals surface area contributed by atoms with Crippen molar-refractivity contribution in [3.8, 4) is 5.75 Å². The van der Waals surface area contributed by atoms with Gasteiger partial charge in [0.05, 0.1) is 19.2 Å². The third-order valence-corrected chi connectivity index (χ3v) is 6.90. The summed E-state index contributed by atoms with van der Waals surface area (Å²) in [5.41, 5.74) is -0.748. The summed E-state index contributed by atoms with van der Waals surface area (Å²) >= 11 is 0. The molecule has 10 heteroatoms. The van der Waals surface area contributed by atoms with Crippen molar-refractivity contribution in [1.82, 2.24) is 9.88 Å². The fraction of sp³-hybridized carbons (Fsp3) is 0.345. The predicted molar refractivity (Wildman–Crippen MR) is 143 cm³/mol. The lowest BCUT2D eigenvalue weighted by Gasteiger charge is -2.32. The van der Waals surface area contributed by atoms with Crippen LogP contribution in [0.2, 0.25) is 0 Å². The molecule has 0 radical (unpaired) electrons. The standard InChI is InChI=1S/C29H31F3N4O3/c1-39-23-7-5-21(6-8-23)28(38)24-3-2-4-25(27(24)29(30,31)32)35-19-26(37)36-17-12-20(13-18-36)9-16-34-22-10-14-33-15-11-22/h2-8,10-11,14-15,20,35H,9,12-13,16-19H2,1H3,(H,33,34). The van der Waals surface area contributed by atoms with E-state index in [1.165, 1.54) is 43.5 Å². The third kappa shape index (κ3) is 7.28. The van der Waals surface area contributed by atoms with Crippen molar-refractivity contribution in [2.45, 2.75) is 25.4 Å². The molecule has 0 aliphatic carbocycles. The van der Waals surface area contributed by atoms with Gasteiger partial charge in [-0.15, -0.1) is 0 Å². The topological polar surface area (TPSA) is 83.6 Å². The van der Waals surface area contributed by atoms with Crippen LogP contribution in [-0.2, 0) is 11.0 Å². The molecule has 39 heavy (non-hydrogen) atoms. The first-order chi connectivity index (χ1) is 18.8. The number of anilines is 2. The molecular weight excluding hydrogens is 509 g/mol. The Morgan fingerprint density at radius 1 is 1.00 bits per heavy atom. The number of pyridine rings is 1. The van der Waals surface area contributed by atoms with Crippen molar-refractivity contribution in [2.75, 3.05) is 43.9 Å². The van der Waals surface area contributed by atoms with Crippen LogP contribution in [0.3, 0.4) is 0 Å². The van der Waals surface area contributed by atoms with Crippen molar-refractivity contribution in [2.24, 2.45) is 5.92 Å². The molecule has 0 spiro atoms. The Kier molecular flexibility index (Phi) is 9.06. The molecule has 0 saturated carbocycles. The number of alkyl halides is 3. The Morgan fingerprint density at radius 2 is 1.69 bits per heavy atom. The van der Waals surface area contributed by atoms with Gasteiger partial charge < -0.3 is 20.3 Å². The Morgan fingerprint density at radius 3 is 2.33 bits per heavy atom. The van der Waals surface area contributed by atoms with E-state index in [2.05, 4.69) is 15.6 Å². The van der Waals surface area contributed by atoms with Crippen LogP contribution in [0.15, 0.2) is 67.0 Å². The van der Waals surface area contributed by atoms with Crippen LogP contribution in [0.25, 0.3) is 0 Å². The first-order valence-corrected chi connectivity index (χ1v) is 12.8. The summed E-state index contributed by atoms with van der Waals surface area (Å²) in [6.45, 7) is 1.64. The Bertz CT molecular complexity index is 1260. The SMILES string of the molecule is COc1ccc(C(=O)c2cccc(NCC(=O)N3CCC(CCNc4ccncc4)CC3)c2C(F)(F)F)cc1.